The maximum absolute atomic E-state index is 11.5. The zero-order chi connectivity index (χ0) is 13.4. The van der Waals surface area contributed by atoms with Crippen molar-refractivity contribution in [2.75, 3.05) is 0 Å². The molecular formula is C14H11ClN2O2. The van der Waals surface area contributed by atoms with Crippen LogP contribution in [-0.2, 0) is 9.59 Å². The van der Waals surface area contributed by atoms with Crippen molar-refractivity contribution >= 4 is 34.3 Å². The van der Waals surface area contributed by atoms with E-state index in [1.807, 2.05) is 18.2 Å². The minimum atomic E-state index is -0.236. The zero-order valence-corrected chi connectivity index (χ0v) is 10.8. The van der Waals surface area contributed by atoms with Crippen LogP contribution in [0.25, 0.3) is 10.9 Å². The number of aromatic nitrogens is 1. The summed E-state index contributed by atoms with van der Waals surface area (Å²) in [5.41, 5.74) is 1.67. The molecule has 1 fully saturated rings. The summed E-state index contributed by atoms with van der Waals surface area (Å²) in [5, 5.41) is 3.78. The third-order valence-corrected chi connectivity index (χ3v) is 3.66. The van der Waals surface area contributed by atoms with Gasteiger partial charge in [0.25, 0.3) is 0 Å². The lowest BCUT2D eigenvalue weighted by molar-refractivity contribution is -0.133. The first-order chi connectivity index (χ1) is 9.15. The maximum atomic E-state index is 11.5. The van der Waals surface area contributed by atoms with Crippen LogP contribution < -0.4 is 5.32 Å². The molecule has 1 aromatic carbocycles. The van der Waals surface area contributed by atoms with E-state index in [-0.39, 0.29) is 17.7 Å². The highest BCUT2D eigenvalue weighted by atomic mass is 35.5. The Labute approximate surface area is 114 Å². The van der Waals surface area contributed by atoms with Gasteiger partial charge >= 0.3 is 0 Å². The van der Waals surface area contributed by atoms with E-state index in [9.17, 15) is 9.59 Å². The Bertz CT molecular complexity index is 668. The number of amides is 2. The van der Waals surface area contributed by atoms with Gasteiger partial charge in [-0.05, 0) is 23.8 Å². The van der Waals surface area contributed by atoms with Crippen LogP contribution in [0.4, 0.5) is 0 Å². The van der Waals surface area contributed by atoms with Crippen LogP contribution >= 0.6 is 11.6 Å². The largest absolute Gasteiger partial charge is 0.296 e. The van der Waals surface area contributed by atoms with Gasteiger partial charge in [-0.15, -0.1) is 0 Å². The lowest BCUT2D eigenvalue weighted by Gasteiger charge is -2.22. The van der Waals surface area contributed by atoms with E-state index in [0.29, 0.717) is 17.9 Å². The monoisotopic (exact) mass is 274 g/mol. The summed E-state index contributed by atoms with van der Waals surface area (Å²) in [5.74, 6) is -0.600. The number of pyridine rings is 1. The lowest BCUT2D eigenvalue weighted by atomic mass is 9.88. The van der Waals surface area contributed by atoms with E-state index in [2.05, 4.69) is 10.3 Å². The van der Waals surface area contributed by atoms with Gasteiger partial charge in [0.05, 0.1) is 5.52 Å². The number of imide groups is 1. The van der Waals surface area contributed by atoms with E-state index < -0.39 is 0 Å². The van der Waals surface area contributed by atoms with Gasteiger partial charge in [-0.25, -0.2) is 0 Å². The minimum absolute atomic E-state index is 0.129. The van der Waals surface area contributed by atoms with Crippen molar-refractivity contribution in [1.82, 2.24) is 10.3 Å². The van der Waals surface area contributed by atoms with Crippen LogP contribution in [0.15, 0.2) is 30.5 Å². The molecule has 19 heavy (non-hydrogen) atoms. The fourth-order valence-electron chi connectivity index (χ4n) is 2.49. The summed E-state index contributed by atoms with van der Waals surface area (Å²) in [6.07, 6.45) is 2.30. The highest BCUT2D eigenvalue weighted by Gasteiger charge is 2.27. The van der Waals surface area contributed by atoms with Gasteiger partial charge < -0.3 is 0 Å². The molecule has 5 heteroatoms. The zero-order valence-electron chi connectivity index (χ0n) is 10.0. The quantitative estimate of drug-likeness (QED) is 0.813. The number of hydrogen-bond donors (Lipinski definition) is 1. The first-order valence-corrected chi connectivity index (χ1v) is 6.39. The van der Waals surface area contributed by atoms with Crippen molar-refractivity contribution < 1.29 is 9.59 Å². The average molecular weight is 275 g/mol. The Balaban J connectivity index is 2.12. The molecule has 2 amide bonds. The third-order valence-electron chi connectivity index (χ3n) is 3.33. The first kappa shape index (κ1) is 12.1. The molecule has 1 aromatic heterocycles. The Morgan fingerprint density at radius 1 is 1.16 bits per heavy atom. The van der Waals surface area contributed by atoms with E-state index in [1.54, 1.807) is 12.3 Å². The van der Waals surface area contributed by atoms with Crippen molar-refractivity contribution in [3.05, 3.63) is 41.0 Å². The van der Waals surface area contributed by atoms with Crippen molar-refractivity contribution in [3.63, 3.8) is 0 Å². The molecule has 1 aliphatic heterocycles. The molecule has 0 spiro atoms. The molecule has 4 nitrogen and oxygen atoms in total. The molecule has 96 valence electrons. The molecule has 3 rings (SSSR count). The van der Waals surface area contributed by atoms with Crippen LogP contribution in [0.3, 0.4) is 0 Å². The van der Waals surface area contributed by atoms with E-state index in [4.69, 9.17) is 11.6 Å². The number of halogens is 1. The second kappa shape index (κ2) is 4.63. The number of benzene rings is 1. The molecule has 1 N–H and O–H groups in total. The minimum Gasteiger partial charge on any atom is -0.296 e. The second-order valence-electron chi connectivity index (χ2n) is 4.61. The number of rotatable bonds is 1. The number of hydrogen-bond acceptors (Lipinski definition) is 3. The van der Waals surface area contributed by atoms with Crippen LogP contribution in [0.2, 0.25) is 5.02 Å². The standard InChI is InChI=1S/C14H11ClN2O2/c15-11-4-3-9(14-10(11)2-1-5-16-14)8-6-12(18)17-13(19)7-8/h1-5,8H,6-7H2,(H,17,18,19). The predicted molar refractivity (Wildman–Crippen MR) is 71.9 cm³/mol. The summed E-state index contributed by atoms with van der Waals surface area (Å²) >= 11 is 6.14. The molecule has 0 saturated carbocycles. The molecule has 2 aromatic rings. The van der Waals surface area contributed by atoms with Crippen molar-refractivity contribution in [2.24, 2.45) is 0 Å². The Kier molecular flexibility index (Phi) is 2.95. The molecule has 0 unspecified atom stereocenters. The van der Waals surface area contributed by atoms with Gasteiger partial charge in [0.1, 0.15) is 0 Å². The molecule has 0 aliphatic carbocycles. The molecule has 2 heterocycles. The van der Waals surface area contributed by atoms with Gasteiger partial charge in [0, 0.05) is 35.4 Å². The van der Waals surface area contributed by atoms with Gasteiger partial charge in [0.2, 0.25) is 11.8 Å². The number of fused-ring (bicyclic) bond motifs is 1. The van der Waals surface area contributed by atoms with Crippen molar-refractivity contribution in [3.8, 4) is 0 Å². The van der Waals surface area contributed by atoms with Gasteiger partial charge in [-0.3, -0.25) is 19.9 Å². The Morgan fingerprint density at radius 2 is 1.89 bits per heavy atom. The van der Waals surface area contributed by atoms with Gasteiger partial charge in [-0.1, -0.05) is 17.7 Å². The fraction of sp³-hybridized carbons (Fsp3) is 0.214. The van der Waals surface area contributed by atoms with Crippen LogP contribution in [0.1, 0.15) is 24.3 Å². The summed E-state index contributed by atoms with van der Waals surface area (Å²) < 4.78 is 0. The van der Waals surface area contributed by atoms with Crippen molar-refractivity contribution in [1.29, 1.82) is 0 Å². The smallest absolute Gasteiger partial charge is 0.227 e. The number of piperidine rings is 1. The molecule has 0 bridgehead atoms. The average Bonchev–Trinajstić information content (AvgIpc) is 2.38. The number of carbonyl (C=O) groups excluding carboxylic acids is 2. The second-order valence-corrected chi connectivity index (χ2v) is 5.02. The molecular weight excluding hydrogens is 264 g/mol. The summed E-state index contributed by atoms with van der Waals surface area (Å²) in [4.78, 5) is 27.3. The lowest BCUT2D eigenvalue weighted by Crippen LogP contribution is -2.37. The first-order valence-electron chi connectivity index (χ1n) is 6.01. The van der Waals surface area contributed by atoms with Gasteiger partial charge in [0.15, 0.2) is 0 Å². The Hall–Kier alpha value is -1.94. The SMILES string of the molecule is O=C1CC(c2ccc(Cl)c3cccnc23)CC(=O)N1. The maximum Gasteiger partial charge on any atom is 0.227 e. The Morgan fingerprint density at radius 3 is 2.63 bits per heavy atom. The predicted octanol–water partition coefficient (Wildman–Crippen LogP) is 2.41. The van der Waals surface area contributed by atoms with Crippen LogP contribution in [0.5, 0.6) is 0 Å². The summed E-state index contributed by atoms with van der Waals surface area (Å²) in [7, 11) is 0. The fourth-order valence-corrected chi connectivity index (χ4v) is 2.70. The van der Waals surface area contributed by atoms with E-state index >= 15 is 0 Å². The molecule has 0 atom stereocenters. The van der Waals surface area contributed by atoms with Crippen molar-refractivity contribution in [2.45, 2.75) is 18.8 Å². The van der Waals surface area contributed by atoms with Crippen LogP contribution in [-0.4, -0.2) is 16.8 Å². The molecule has 0 radical (unpaired) electrons. The third kappa shape index (κ3) is 2.19. The molecule has 1 saturated heterocycles. The number of nitrogens with one attached hydrogen (secondary N) is 1. The number of nitrogens with zero attached hydrogens (tertiary/aromatic N) is 1. The normalized spacial score (nSPS) is 16.7. The number of carbonyl (C=O) groups is 2. The topological polar surface area (TPSA) is 59.1 Å². The summed E-state index contributed by atoms with van der Waals surface area (Å²) in [6.45, 7) is 0. The highest BCUT2D eigenvalue weighted by Crippen LogP contribution is 2.33. The van der Waals surface area contributed by atoms with E-state index in [0.717, 1.165) is 16.5 Å². The summed E-state index contributed by atoms with van der Waals surface area (Å²) in [6, 6.07) is 7.35. The molecule has 1 aliphatic rings. The van der Waals surface area contributed by atoms with Crippen LogP contribution in [0, 0.1) is 0 Å². The highest BCUT2D eigenvalue weighted by molar-refractivity contribution is 6.35. The van der Waals surface area contributed by atoms with Gasteiger partial charge in [-0.2, -0.15) is 0 Å². The van der Waals surface area contributed by atoms with E-state index in [1.165, 1.54) is 0 Å².